The van der Waals surface area contributed by atoms with Gasteiger partial charge in [-0.15, -0.1) is 0 Å². The Morgan fingerprint density at radius 1 is 1.36 bits per heavy atom. The fourth-order valence-electron chi connectivity index (χ4n) is 0.989. The maximum atomic E-state index is 9.50. The van der Waals surface area contributed by atoms with Crippen molar-refractivity contribution < 1.29 is 5.11 Å². The average Bonchev–Trinajstić information content (AvgIpc) is 2.19. The summed E-state index contributed by atoms with van der Waals surface area (Å²) >= 11 is 0. The predicted molar refractivity (Wildman–Crippen MR) is 54.6 cm³/mol. The molecule has 1 unspecified atom stereocenters. The highest BCUT2D eigenvalue weighted by Gasteiger charge is 2.07. The lowest BCUT2D eigenvalue weighted by Crippen LogP contribution is -2.30. The molecule has 0 aliphatic carbocycles. The van der Waals surface area contributed by atoms with E-state index in [9.17, 15) is 5.11 Å². The first-order valence-electron chi connectivity index (χ1n) is 4.85. The first kappa shape index (κ1) is 11.1. The van der Waals surface area contributed by atoms with Crippen molar-refractivity contribution in [3.63, 3.8) is 0 Å². The fraction of sp³-hybridized carbons (Fsp3) is 0.600. The van der Waals surface area contributed by atoms with Gasteiger partial charge in [0.2, 0.25) is 0 Å². The van der Waals surface area contributed by atoms with Crippen molar-refractivity contribution in [2.24, 2.45) is 5.92 Å². The van der Waals surface area contributed by atoms with Gasteiger partial charge in [0.25, 0.3) is 0 Å². The Morgan fingerprint density at radius 2 is 2.00 bits per heavy atom. The molecule has 0 saturated heterocycles. The molecule has 0 radical (unpaired) electrons. The molecule has 0 aliphatic rings. The van der Waals surface area contributed by atoms with Gasteiger partial charge < -0.3 is 10.4 Å². The molecule has 0 fully saturated rings. The minimum atomic E-state index is -0.307. The monoisotopic (exact) mass is 195 g/mol. The largest absolute Gasteiger partial charge is 0.392 e. The number of aromatic nitrogens is 2. The number of nitrogens with one attached hydrogen (secondary N) is 1. The molecule has 78 valence electrons. The van der Waals surface area contributed by atoms with Crippen LogP contribution in [0, 0.1) is 5.92 Å². The summed E-state index contributed by atoms with van der Waals surface area (Å²) in [5.74, 6) is 1.03. The first-order valence-corrected chi connectivity index (χ1v) is 4.85. The van der Waals surface area contributed by atoms with Crippen molar-refractivity contribution in [1.29, 1.82) is 0 Å². The molecule has 1 aromatic heterocycles. The van der Waals surface area contributed by atoms with Crippen molar-refractivity contribution in [3.05, 3.63) is 24.3 Å². The van der Waals surface area contributed by atoms with Crippen LogP contribution in [0.5, 0.6) is 0 Å². The summed E-state index contributed by atoms with van der Waals surface area (Å²) in [5.41, 5.74) is 0. The summed E-state index contributed by atoms with van der Waals surface area (Å²) in [5, 5.41) is 12.6. The van der Waals surface area contributed by atoms with Crippen LogP contribution in [0.1, 0.15) is 19.7 Å². The number of hydrogen-bond donors (Lipinski definition) is 2. The molecule has 4 heteroatoms. The van der Waals surface area contributed by atoms with Crippen molar-refractivity contribution in [2.45, 2.75) is 26.5 Å². The minimum Gasteiger partial charge on any atom is -0.392 e. The van der Waals surface area contributed by atoms with Crippen LogP contribution < -0.4 is 5.32 Å². The molecule has 14 heavy (non-hydrogen) atoms. The minimum absolute atomic E-state index is 0.277. The van der Waals surface area contributed by atoms with Gasteiger partial charge in [-0.05, 0) is 12.0 Å². The topological polar surface area (TPSA) is 58.0 Å². The molecular formula is C10H17N3O. The van der Waals surface area contributed by atoms with E-state index in [-0.39, 0.29) is 12.0 Å². The SMILES string of the molecule is CC(C)C(O)CNCc1ncccn1. The summed E-state index contributed by atoms with van der Waals surface area (Å²) < 4.78 is 0. The first-order chi connectivity index (χ1) is 6.70. The second kappa shape index (κ2) is 5.67. The number of hydrogen-bond acceptors (Lipinski definition) is 4. The number of nitrogens with zero attached hydrogens (tertiary/aromatic N) is 2. The fourth-order valence-corrected chi connectivity index (χ4v) is 0.989. The Balaban J connectivity index is 2.22. The van der Waals surface area contributed by atoms with Crippen molar-refractivity contribution in [1.82, 2.24) is 15.3 Å². The zero-order chi connectivity index (χ0) is 10.4. The third-order valence-corrected chi connectivity index (χ3v) is 2.03. The van der Waals surface area contributed by atoms with Gasteiger partial charge >= 0.3 is 0 Å². The molecule has 1 aromatic rings. The van der Waals surface area contributed by atoms with Crippen LogP contribution in [0.2, 0.25) is 0 Å². The van der Waals surface area contributed by atoms with Crippen molar-refractivity contribution in [2.75, 3.05) is 6.54 Å². The molecule has 2 N–H and O–H groups in total. The Morgan fingerprint density at radius 3 is 2.57 bits per heavy atom. The number of aliphatic hydroxyl groups is 1. The van der Waals surface area contributed by atoms with Gasteiger partial charge in [-0.1, -0.05) is 13.8 Å². The van der Waals surface area contributed by atoms with Gasteiger partial charge in [0, 0.05) is 18.9 Å². The summed E-state index contributed by atoms with van der Waals surface area (Å²) in [6, 6.07) is 1.78. The molecule has 1 heterocycles. The van der Waals surface area contributed by atoms with Gasteiger partial charge in [-0.2, -0.15) is 0 Å². The van der Waals surface area contributed by atoms with Gasteiger partial charge in [-0.25, -0.2) is 9.97 Å². The quantitative estimate of drug-likeness (QED) is 0.721. The zero-order valence-electron chi connectivity index (χ0n) is 8.64. The molecule has 0 spiro atoms. The lowest BCUT2D eigenvalue weighted by atomic mass is 10.1. The molecular weight excluding hydrogens is 178 g/mol. The summed E-state index contributed by atoms with van der Waals surface area (Å²) in [4.78, 5) is 8.13. The van der Waals surface area contributed by atoms with Crippen molar-refractivity contribution >= 4 is 0 Å². The maximum Gasteiger partial charge on any atom is 0.141 e. The summed E-state index contributed by atoms with van der Waals surface area (Å²) in [6.07, 6.45) is 3.12. The van der Waals surface area contributed by atoms with Crippen LogP contribution in [0.15, 0.2) is 18.5 Å². The van der Waals surface area contributed by atoms with Gasteiger partial charge in [0.05, 0.1) is 12.6 Å². The Kier molecular flexibility index (Phi) is 4.49. The molecule has 1 rings (SSSR count). The molecule has 0 amide bonds. The van der Waals surface area contributed by atoms with Crippen LogP contribution in [0.3, 0.4) is 0 Å². The average molecular weight is 195 g/mol. The van der Waals surface area contributed by atoms with E-state index < -0.39 is 0 Å². The van der Waals surface area contributed by atoms with Gasteiger partial charge in [-0.3, -0.25) is 0 Å². The Bertz CT molecular complexity index is 251. The van der Waals surface area contributed by atoms with Crippen LogP contribution in [-0.2, 0) is 6.54 Å². The third kappa shape index (κ3) is 3.81. The lowest BCUT2D eigenvalue weighted by Gasteiger charge is -2.14. The Labute approximate surface area is 84.4 Å². The number of aliphatic hydroxyl groups excluding tert-OH is 1. The normalized spacial score (nSPS) is 13.1. The molecule has 0 bridgehead atoms. The van der Waals surface area contributed by atoms with Gasteiger partial charge in [0.15, 0.2) is 0 Å². The van der Waals surface area contributed by atoms with Crippen LogP contribution in [-0.4, -0.2) is 27.7 Å². The third-order valence-electron chi connectivity index (χ3n) is 2.03. The molecule has 1 atom stereocenters. The molecule has 4 nitrogen and oxygen atoms in total. The summed E-state index contributed by atoms with van der Waals surface area (Å²) in [7, 11) is 0. The standard InChI is InChI=1S/C10H17N3O/c1-8(2)9(14)6-11-7-10-12-4-3-5-13-10/h3-5,8-9,11,14H,6-7H2,1-2H3. The van der Waals surface area contributed by atoms with E-state index in [1.165, 1.54) is 0 Å². The van der Waals surface area contributed by atoms with E-state index in [1.54, 1.807) is 18.5 Å². The van der Waals surface area contributed by atoms with Crippen LogP contribution >= 0.6 is 0 Å². The van der Waals surface area contributed by atoms with E-state index in [4.69, 9.17) is 0 Å². The molecule has 0 saturated carbocycles. The van der Waals surface area contributed by atoms with Crippen LogP contribution in [0.25, 0.3) is 0 Å². The van der Waals surface area contributed by atoms with E-state index in [0.29, 0.717) is 13.1 Å². The predicted octanol–water partition coefficient (Wildman–Crippen LogP) is 0.583. The van der Waals surface area contributed by atoms with Gasteiger partial charge in [0.1, 0.15) is 5.82 Å². The zero-order valence-corrected chi connectivity index (χ0v) is 8.64. The van der Waals surface area contributed by atoms with E-state index >= 15 is 0 Å². The van der Waals surface area contributed by atoms with E-state index in [1.807, 2.05) is 13.8 Å². The highest BCUT2D eigenvalue weighted by Crippen LogP contribution is 1.99. The smallest absolute Gasteiger partial charge is 0.141 e. The second-order valence-electron chi connectivity index (χ2n) is 3.61. The van der Waals surface area contributed by atoms with E-state index in [0.717, 1.165) is 5.82 Å². The van der Waals surface area contributed by atoms with Crippen molar-refractivity contribution in [3.8, 4) is 0 Å². The molecule has 0 aromatic carbocycles. The highest BCUT2D eigenvalue weighted by atomic mass is 16.3. The van der Waals surface area contributed by atoms with Crippen LogP contribution in [0.4, 0.5) is 0 Å². The van der Waals surface area contributed by atoms with E-state index in [2.05, 4.69) is 15.3 Å². The highest BCUT2D eigenvalue weighted by molar-refractivity contribution is 4.87. The second-order valence-corrected chi connectivity index (χ2v) is 3.61. The molecule has 0 aliphatic heterocycles. The lowest BCUT2D eigenvalue weighted by molar-refractivity contribution is 0.123. The Hall–Kier alpha value is -1.00. The number of rotatable bonds is 5. The maximum absolute atomic E-state index is 9.50. The summed E-state index contributed by atoms with van der Waals surface area (Å²) in [6.45, 7) is 5.16.